The molecule has 3 aromatic carbocycles. The van der Waals surface area contributed by atoms with Gasteiger partial charge in [-0.3, -0.25) is 4.79 Å². The number of nitrogens with one attached hydrogen (secondary N) is 1. The maximum absolute atomic E-state index is 14.1. The zero-order valence-corrected chi connectivity index (χ0v) is 16.4. The second-order valence-electron chi connectivity index (χ2n) is 6.25. The fourth-order valence-corrected chi connectivity index (χ4v) is 4.10. The highest BCUT2D eigenvalue weighted by Gasteiger charge is 2.38. The number of rotatable bonds is 7. The predicted octanol–water partition coefficient (Wildman–Crippen LogP) is 5.16. The zero-order chi connectivity index (χ0) is 22.9. The Balaban J connectivity index is 2.11. The van der Waals surface area contributed by atoms with Crippen LogP contribution in [0.25, 0.3) is 10.8 Å². The van der Waals surface area contributed by atoms with Gasteiger partial charge in [-0.2, -0.15) is 13.9 Å². The molecule has 0 radical (unpaired) electrons. The summed E-state index contributed by atoms with van der Waals surface area (Å²) in [5.74, 6) is -15.5. The van der Waals surface area contributed by atoms with E-state index in [1.54, 1.807) is 24.3 Å². The molecule has 0 aliphatic heterocycles. The molecule has 3 rings (SSSR count). The van der Waals surface area contributed by atoms with Crippen LogP contribution in [0, 0.1) is 29.1 Å². The van der Waals surface area contributed by atoms with Crippen LogP contribution in [0.15, 0.2) is 42.5 Å². The second-order valence-corrected chi connectivity index (χ2v) is 7.86. The smallest absolute Gasteiger partial charge is 0.480 e. The van der Waals surface area contributed by atoms with Gasteiger partial charge in [0.15, 0.2) is 0 Å². The lowest BCUT2D eigenvalue weighted by molar-refractivity contribution is -0.138. The van der Waals surface area contributed by atoms with Gasteiger partial charge in [0.1, 0.15) is 11.8 Å². The van der Waals surface area contributed by atoms with Crippen molar-refractivity contribution >= 4 is 24.5 Å². The molecular weight excluding hydrogens is 448 g/mol. The molecular formula is C19H13F5NO5P. The van der Waals surface area contributed by atoms with E-state index in [-0.39, 0.29) is 5.75 Å². The number of aliphatic carboxylic acids is 1. The lowest BCUT2D eigenvalue weighted by atomic mass is 10.1. The normalized spacial score (nSPS) is 14.1. The molecule has 164 valence electrons. The number of carboxylic acids is 1. The number of carbonyl (C=O) groups is 1. The average molecular weight is 461 g/mol. The average Bonchev–Trinajstić information content (AvgIpc) is 2.74. The number of hydrogen-bond donors (Lipinski definition) is 2. The fourth-order valence-electron chi connectivity index (χ4n) is 2.55. The van der Waals surface area contributed by atoms with Crippen LogP contribution in [0.1, 0.15) is 6.92 Å². The summed E-state index contributed by atoms with van der Waals surface area (Å²) in [7, 11) is -5.05. The number of hydrogen-bond acceptors (Lipinski definition) is 4. The second kappa shape index (κ2) is 8.52. The molecule has 2 N–H and O–H groups in total. The minimum Gasteiger partial charge on any atom is -0.480 e. The Morgan fingerprint density at radius 3 is 2.06 bits per heavy atom. The van der Waals surface area contributed by atoms with E-state index in [9.17, 15) is 31.3 Å². The van der Waals surface area contributed by atoms with E-state index in [4.69, 9.17) is 9.63 Å². The van der Waals surface area contributed by atoms with E-state index in [0.717, 1.165) is 6.92 Å². The standard InChI is InChI=1S/C19H13F5NO5P/c1-9(19(26)27)25-31(28,29-12-8-4-6-10-5-2-3-7-11(10)12)30-18-16(23)14(21)13(20)15(22)17(18)24/h2-9H,1H3,(H,25,28)(H,26,27)/t9-,31?/m0/s1. The summed E-state index contributed by atoms with van der Waals surface area (Å²) in [4.78, 5) is 11.2. The third-order valence-corrected chi connectivity index (χ3v) is 5.63. The molecule has 0 aliphatic rings. The van der Waals surface area contributed by atoms with Crippen LogP contribution in [0.4, 0.5) is 22.0 Å². The summed E-state index contributed by atoms with van der Waals surface area (Å²) in [6.07, 6.45) is 0. The summed E-state index contributed by atoms with van der Waals surface area (Å²) in [5.41, 5.74) is 0. The van der Waals surface area contributed by atoms with Crippen molar-refractivity contribution in [2.24, 2.45) is 0 Å². The monoisotopic (exact) mass is 461 g/mol. The van der Waals surface area contributed by atoms with E-state index < -0.39 is 54.6 Å². The largest absolute Gasteiger partial charge is 0.513 e. The highest BCUT2D eigenvalue weighted by molar-refractivity contribution is 7.52. The highest BCUT2D eigenvalue weighted by Crippen LogP contribution is 2.48. The van der Waals surface area contributed by atoms with Crippen molar-refractivity contribution in [3.8, 4) is 11.5 Å². The van der Waals surface area contributed by atoms with E-state index in [0.29, 0.717) is 10.8 Å². The molecule has 31 heavy (non-hydrogen) atoms. The van der Waals surface area contributed by atoms with Crippen molar-refractivity contribution in [2.75, 3.05) is 0 Å². The molecule has 6 nitrogen and oxygen atoms in total. The molecule has 0 amide bonds. The van der Waals surface area contributed by atoms with E-state index in [1.165, 1.54) is 18.2 Å². The Morgan fingerprint density at radius 2 is 1.45 bits per heavy atom. The van der Waals surface area contributed by atoms with Crippen LogP contribution in [0.2, 0.25) is 0 Å². The Bertz CT molecular complexity index is 1190. The molecule has 0 bridgehead atoms. The minimum absolute atomic E-state index is 0.157. The maximum Gasteiger partial charge on any atom is 0.513 e. The lowest BCUT2D eigenvalue weighted by Gasteiger charge is -2.23. The van der Waals surface area contributed by atoms with Gasteiger partial charge >= 0.3 is 13.7 Å². The number of halogens is 5. The molecule has 0 saturated carbocycles. The first-order chi connectivity index (χ1) is 14.5. The molecule has 3 aromatic rings. The Morgan fingerprint density at radius 1 is 0.903 bits per heavy atom. The summed E-state index contributed by atoms with van der Waals surface area (Å²) < 4.78 is 91.5. The molecule has 0 spiro atoms. The number of carboxylic acid groups (broad SMARTS) is 1. The van der Waals surface area contributed by atoms with Crippen molar-refractivity contribution in [1.29, 1.82) is 0 Å². The molecule has 0 fully saturated rings. The van der Waals surface area contributed by atoms with Crippen molar-refractivity contribution in [3.63, 3.8) is 0 Å². The van der Waals surface area contributed by atoms with Crippen LogP contribution in [-0.2, 0) is 9.36 Å². The first-order valence-corrected chi connectivity index (χ1v) is 10.1. The summed E-state index contributed by atoms with van der Waals surface area (Å²) >= 11 is 0. The molecule has 0 aromatic heterocycles. The number of fused-ring (bicyclic) bond motifs is 1. The maximum atomic E-state index is 14.1. The summed E-state index contributed by atoms with van der Waals surface area (Å²) in [6, 6.07) is 9.25. The van der Waals surface area contributed by atoms with Crippen LogP contribution >= 0.6 is 7.75 Å². The van der Waals surface area contributed by atoms with Crippen LogP contribution in [0.5, 0.6) is 11.5 Å². The quantitative estimate of drug-likeness (QED) is 0.219. The van der Waals surface area contributed by atoms with Gasteiger partial charge in [-0.25, -0.2) is 17.7 Å². The van der Waals surface area contributed by atoms with E-state index in [2.05, 4.69) is 4.52 Å². The van der Waals surface area contributed by atoms with Crippen molar-refractivity contribution in [2.45, 2.75) is 13.0 Å². The molecule has 0 aliphatic carbocycles. The first-order valence-electron chi connectivity index (χ1n) is 8.53. The summed E-state index contributed by atoms with van der Waals surface area (Å²) in [5, 5.41) is 11.9. The molecule has 2 atom stereocenters. The predicted molar refractivity (Wildman–Crippen MR) is 99.3 cm³/mol. The number of benzene rings is 3. The van der Waals surface area contributed by atoms with Gasteiger partial charge in [-0.1, -0.05) is 36.4 Å². The van der Waals surface area contributed by atoms with Gasteiger partial charge in [0.2, 0.25) is 34.8 Å². The fraction of sp³-hybridized carbons (Fsp3) is 0.105. The van der Waals surface area contributed by atoms with E-state index >= 15 is 0 Å². The summed E-state index contributed by atoms with van der Waals surface area (Å²) in [6.45, 7) is 1.00. The van der Waals surface area contributed by atoms with Crippen molar-refractivity contribution in [3.05, 3.63) is 71.6 Å². The van der Waals surface area contributed by atoms with Crippen molar-refractivity contribution in [1.82, 2.24) is 5.09 Å². The van der Waals surface area contributed by atoms with Gasteiger partial charge in [-0.15, -0.1) is 0 Å². The molecule has 1 unspecified atom stereocenters. The minimum atomic E-state index is -5.05. The Labute approximate surface area is 171 Å². The molecule has 0 saturated heterocycles. The lowest BCUT2D eigenvalue weighted by Crippen LogP contribution is -2.34. The Hall–Kier alpha value is -3.17. The zero-order valence-electron chi connectivity index (χ0n) is 15.5. The van der Waals surface area contributed by atoms with Gasteiger partial charge in [0.25, 0.3) is 0 Å². The van der Waals surface area contributed by atoms with Gasteiger partial charge < -0.3 is 14.2 Å². The topological polar surface area (TPSA) is 84.9 Å². The van der Waals surface area contributed by atoms with Crippen LogP contribution in [-0.4, -0.2) is 17.1 Å². The van der Waals surface area contributed by atoms with Crippen molar-refractivity contribution < 1.29 is 45.5 Å². The van der Waals surface area contributed by atoms with Crippen LogP contribution in [0.3, 0.4) is 0 Å². The van der Waals surface area contributed by atoms with Crippen LogP contribution < -0.4 is 14.1 Å². The first kappa shape index (κ1) is 22.5. The SMILES string of the molecule is C[C@H](NP(=O)(Oc1c(F)c(F)c(F)c(F)c1F)Oc1cccc2ccccc12)C(=O)O. The third-order valence-electron chi connectivity index (χ3n) is 4.07. The van der Waals surface area contributed by atoms with E-state index in [1.807, 2.05) is 5.09 Å². The molecule has 12 heteroatoms. The molecule has 0 heterocycles. The third kappa shape index (κ3) is 4.47. The Kier molecular flexibility index (Phi) is 6.19. The van der Waals surface area contributed by atoms with Gasteiger partial charge in [-0.05, 0) is 18.4 Å². The highest BCUT2D eigenvalue weighted by atomic mass is 31.2. The van der Waals surface area contributed by atoms with Gasteiger partial charge in [0.05, 0.1) is 0 Å². The van der Waals surface area contributed by atoms with Gasteiger partial charge in [0, 0.05) is 5.39 Å².